The van der Waals surface area contributed by atoms with Crippen LogP contribution in [0.4, 0.5) is 13.2 Å². The van der Waals surface area contributed by atoms with Crippen molar-refractivity contribution >= 4 is 16.1 Å². The Morgan fingerprint density at radius 3 is 2.00 bits per heavy atom. The summed E-state index contributed by atoms with van der Waals surface area (Å²) in [6.45, 7) is 4.94. The molecule has 0 heterocycles. The van der Waals surface area contributed by atoms with Gasteiger partial charge in [-0.2, -0.15) is 21.6 Å². The molecule has 0 N–H and O–H groups in total. The normalized spacial score (nSPS) is 13.3. The maximum absolute atomic E-state index is 13.5. The first kappa shape index (κ1) is 31.8. The second-order valence-electron chi connectivity index (χ2n) is 10.6. The maximum atomic E-state index is 13.5. The van der Waals surface area contributed by atoms with Crippen molar-refractivity contribution < 1.29 is 35.3 Å². The average molecular weight is 557 g/mol. The van der Waals surface area contributed by atoms with E-state index in [9.17, 15) is 26.4 Å². The van der Waals surface area contributed by atoms with Crippen LogP contribution < -0.4 is 0 Å². The lowest BCUT2D eigenvalue weighted by atomic mass is 9.93. The Morgan fingerprint density at radius 1 is 0.868 bits per heavy atom. The minimum atomic E-state index is -4.63. The fourth-order valence-electron chi connectivity index (χ4n) is 4.24. The monoisotopic (exact) mass is 556 g/mol. The molecule has 5 nitrogen and oxygen atoms in total. The van der Waals surface area contributed by atoms with Gasteiger partial charge in [-0.3, -0.25) is 8.98 Å². The van der Waals surface area contributed by atoms with Gasteiger partial charge in [0.15, 0.2) is 0 Å². The number of ether oxygens (including phenoxy) is 1. The summed E-state index contributed by atoms with van der Waals surface area (Å²) in [4.78, 5) is 12.5. The lowest BCUT2D eigenvalue weighted by molar-refractivity contribution is -0.156. The second kappa shape index (κ2) is 14.1. The summed E-state index contributed by atoms with van der Waals surface area (Å²) < 4.78 is 74.8. The molecule has 0 spiro atoms. The molecule has 38 heavy (non-hydrogen) atoms. The number of aryl methyl sites for hydroxylation is 2. The molecule has 0 amide bonds. The number of hydrogen-bond acceptors (Lipinski definition) is 5. The van der Waals surface area contributed by atoms with E-state index in [1.54, 1.807) is 20.8 Å². The average Bonchev–Trinajstić information content (AvgIpc) is 2.78. The van der Waals surface area contributed by atoms with E-state index in [0.29, 0.717) is 12.0 Å². The predicted octanol–water partition coefficient (Wildman–Crippen LogP) is 7.58. The summed E-state index contributed by atoms with van der Waals surface area (Å²) >= 11 is 0. The highest BCUT2D eigenvalue weighted by Crippen LogP contribution is 2.35. The fraction of sp³-hybridized carbons (Fsp3) is 0.552. The van der Waals surface area contributed by atoms with Crippen LogP contribution in [-0.2, 0) is 42.9 Å². The summed E-state index contributed by atoms with van der Waals surface area (Å²) in [5.41, 5.74) is 0.114. The van der Waals surface area contributed by atoms with Gasteiger partial charge in [-0.15, -0.1) is 0 Å². The smallest absolute Gasteiger partial charge is 0.416 e. The summed E-state index contributed by atoms with van der Waals surface area (Å²) in [6.07, 6.45) is 1.55. The number of benzene rings is 2. The molecule has 2 aromatic carbocycles. The first-order chi connectivity index (χ1) is 17.6. The van der Waals surface area contributed by atoms with E-state index in [1.807, 2.05) is 18.2 Å². The third kappa shape index (κ3) is 12.4. The molecule has 0 aliphatic heterocycles. The standard InChI is InChI=1S/C29H39F3O5S/c1-28(2,3)36-27(33)21-26(37-38(4,34)35)25-20-24(29(30,31)32)19-18-23(25)17-13-8-6-5-7-10-14-22-15-11-9-12-16-22/h9,11-12,15-16,18-20,26H,5-8,10,13-14,17,21H2,1-4H3. The zero-order valence-corrected chi connectivity index (χ0v) is 23.5. The Balaban J connectivity index is 2.07. The van der Waals surface area contributed by atoms with Gasteiger partial charge in [-0.25, -0.2) is 0 Å². The van der Waals surface area contributed by atoms with Gasteiger partial charge in [0.05, 0.1) is 18.2 Å². The van der Waals surface area contributed by atoms with E-state index < -0.39 is 46.0 Å². The maximum Gasteiger partial charge on any atom is 0.416 e. The molecule has 0 aromatic heterocycles. The van der Waals surface area contributed by atoms with Crippen LogP contribution in [0.5, 0.6) is 0 Å². The molecule has 0 aliphatic rings. The third-order valence-electron chi connectivity index (χ3n) is 5.89. The Bertz CT molecular complexity index is 1120. The fourth-order valence-corrected chi connectivity index (χ4v) is 4.83. The number of carbonyl (C=O) groups is 1. The minimum absolute atomic E-state index is 0.0407. The quantitative estimate of drug-likeness (QED) is 0.136. The van der Waals surface area contributed by atoms with Crippen molar-refractivity contribution in [2.24, 2.45) is 0 Å². The topological polar surface area (TPSA) is 69.7 Å². The molecule has 0 saturated carbocycles. The van der Waals surface area contributed by atoms with Crippen LogP contribution in [0.2, 0.25) is 0 Å². The second-order valence-corrected chi connectivity index (χ2v) is 12.2. The number of alkyl halides is 3. The Labute approximate surface area is 224 Å². The number of unbranched alkanes of at least 4 members (excludes halogenated alkanes) is 5. The van der Waals surface area contributed by atoms with Crippen molar-refractivity contribution in [3.63, 3.8) is 0 Å². The van der Waals surface area contributed by atoms with E-state index in [4.69, 9.17) is 8.92 Å². The van der Waals surface area contributed by atoms with E-state index in [1.165, 1.54) is 11.6 Å². The van der Waals surface area contributed by atoms with Crippen LogP contribution in [0.1, 0.15) is 94.1 Å². The molecule has 0 saturated heterocycles. The van der Waals surface area contributed by atoms with Gasteiger partial charge in [0, 0.05) is 0 Å². The van der Waals surface area contributed by atoms with Crippen LogP contribution in [0.3, 0.4) is 0 Å². The highest BCUT2D eigenvalue weighted by atomic mass is 32.2. The van der Waals surface area contributed by atoms with Gasteiger partial charge in [0.1, 0.15) is 11.7 Å². The van der Waals surface area contributed by atoms with Crippen LogP contribution in [0.25, 0.3) is 0 Å². The minimum Gasteiger partial charge on any atom is -0.460 e. The first-order valence-electron chi connectivity index (χ1n) is 13.0. The molecule has 2 rings (SSSR count). The van der Waals surface area contributed by atoms with Gasteiger partial charge < -0.3 is 4.74 Å². The Morgan fingerprint density at radius 2 is 1.45 bits per heavy atom. The van der Waals surface area contributed by atoms with Crippen LogP contribution in [-0.4, -0.2) is 26.2 Å². The molecule has 1 unspecified atom stereocenters. The van der Waals surface area contributed by atoms with Crippen LogP contribution in [0, 0.1) is 0 Å². The largest absolute Gasteiger partial charge is 0.460 e. The van der Waals surface area contributed by atoms with Gasteiger partial charge in [0.2, 0.25) is 0 Å². The predicted molar refractivity (Wildman–Crippen MR) is 142 cm³/mol. The van der Waals surface area contributed by atoms with Gasteiger partial charge in [-0.1, -0.05) is 62.1 Å². The molecular formula is C29H39F3O5S. The third-order valence-corrected chi connectivity index (χ3v) is 6.47. The highest BCUT2D eigenvalue weighted by Gasteiger charge is 2.33. The Kier molecular flexibility index (Phi) is 11.8. The molecule has 0 radical (unpaired) electrons. The van der Waals surface area contributed by atoms with Crippen molar-refractivity contribution in [3.8, 4) is 0 Å². The zero-order valence-electron chi connectivity index (χ0n) is 22.6. The van der Waals surface area contributed by atoms with Crippen molar-refractivity contribution in [2.45, 2.75) is 96.4 Å². The molecule has 0 bridgehead atoms. The zero-order chi connectivity index (χ0) is 28.4. The van der Waals surface area contributed by atoms with E-state index >= 15 is 0 Å². The van der Waals surface area contributed by atoms with E-state index in [0.717, 1.165) is 63.3 Å². The summed E-state index contributed by atoms with van der Waals surface area (Å²) in [5, 5.41) is 0. The van der Waals surface area contributed by atoms with Crippen molar-refractivity contribution in [1.82, 2.24) is 0 Å². The number of rotatable bonds is 14. The molecule has 212 valence electrons. The van der Waals surface area contributed by atoms with E-state index in [2.05, 4.69) is 12.1 Å². The van der Waals surface area contributed by atoms with Crippen molar-refractivity contribution in [2.75, 3.05) is 6.26 Å². The SMILES string of the molecule is CC(C)(C)OC(=O)CC(OS(C)(=O)=O)c1cc(C(F)(F)F)ccc1CCCCCCCCc1ccccc1. The molecule has 9 heteroatoms. The molecule has 0 fully saturated rings. The number of halogens is 3. The van der Waals surface area contributed by atoms with Gasteiger partial charge >= 0.3 is 12.1 Å². The molecular weight excluding hydrogens is 517 g/mol. The van der Waals surface area contributed by atoms with Crippen LogP contribution in [0.15, 0.2) is 48.5 Å². The number of carbonyl (C=O) groups excluding carboxylic acids is 1. The summed E-state index contributed by atoms with van der Waals surface area (Å²) in [7, 11) is -4.07. The highest BCUT2D eigenvalue weighted by molar-refractivity contribution is 7.86. The van der Waals surface area contributed by atoms with Crippen LogP contribution >= 0.6 is 0 Å². The lowest BCUT2D eigenvalue weighted by Gasteiger charge is -2.24. The number of esters is 1. The van der Waals surface area contributed by atoms with E-state index in [-0.39, 0.29) is 5.56 Å². The summed E-state index contributed by atoms with van der Waals surface area (Å²) in [6, 6.07) is 13.5. The van der Waals surface area contributed by atoms with Gasteiger partial charge in [0.25, 0.3) is 10.1 Å². The molecule has 0 aliphatic carbocycles. The molecule has 2 aromatic rings. The number of hydrogen-bond donors (Lipinski definition) is 0. The van der Waals surface area contributed by atoms with Crippen molar-refractivity contribution in [1.29, 1.82) is 0 Å². The Hall–Kier alpha value is -2.39. The summed E-state index contributed by atoms with van der Waals surface area (Å²) in [5.74, 6) is -0.759. The van der Waals surface area contributed by atoms with Gasteiger partial charge in [-0.05, 0) is 75.3 Å². The lowest BCUT2D eigenvalue weighted by Crippen LogP contribution is -2.26. The van der Waals surface area contributed by atoms with Crippen molar-refractivity contribution in [3.05, 3.63) is 70.8 Å². The molecule has 1 atom stereocenters. The first-order valence-corrected chi connectivity index (χ1v) is 14.8.